The molecule has 43 heavy (non-hydrogen) atoms. The van der Waals surface area contributed by atoms with E-state index in [4.69, 9.17) is 28.4 Å². The minimum atomic E-state index is -0.888. The number of fused-ring (bicyclic) bond motifs is 2. The maximum Gasteiger partial charge on any atom is 0.342 e. The number of hydrogen-bond donors (Lipinski definition) is 0. The number of ketones is 1. The molecule has 9 heteroatoms. The number of rotatable bonds is 11. The first-order valence-electron chi connectivity index (χ1n) is 15.2. The molecule has 0 aliphatic carbocycles. The molecule has 0 saturated carbocycles. The minimum Gasteiger partial charge on any atom is -0.493 e. The van der Waals surface area contributed by atoms with Gasteiger partial charge in [-0.3, -0.25) is 9.79 Å². The Balaban J connectivity index is 1.53. The van der Waals surface area contributed by atoms with Crippen LogP contribution in [0, 0.1) is 5.92 Å². The van der Waals surface area contributed by atoms with E-state index >= 15 is 0 Å². The smallest absolute Gasteiger partial charge is 0.342 e. The number of unbranched alkanes of at least 4 members (excludes halogenated alkanes) is 3. The molecule has 0 radical (unpaired) electrons. The fourth-order valence-corrected chi connectivity index (χ4v) is 5.23. The highest BCUT2D eigenvalue weighted by atomic mass is 16.8. The number of cyclic esters (lactones) is 1. The average molecular weight is 596 g/mol. The molecule has 1 aromatic carbocycles. The molecule has 0 amide bonds. The monoisotopic (exact) mass is 595 g/mol. The molecule has 0 bridgehead atoms. The number of hydrogen-bond acceptors (Lipinski definition) is 9. The Morgan fingerprint density at radius 2 is 1.81 bits per heavy atom. The van der Waals surface area contributed by atoms with Crippen molar-refractivity contribution in [1.29, 1.82) is 0 Å². The van der Waals surface area contributed by atoms with Crippen LogP contribution in [-0.2, 0) is 23.7 Å². The van der Waals surface area contributed by atoms with Crippen LogP contribution in [0.2, 0.25) is 0 Å². The van der Waals surface area contributed by atoms with E-state index in [-0.39, 0.29) is 24.1 Å². The molecule has 0 unspecified atom stereocenters. The summed E-state index contributed by atoms with van der Waals surface area (Å²) in [4.78, 5) is 30.9. The first kappa shape index (κ1) is 32.6. The molecule has 3 aliphatic rings. The summed E-state index contributed by atoms with van der Waals surface area (Å²) >= 11 is 0. The number of esters is 1. The largest absolute Gasteiger partial charge is 0.493 e. The SMILES string of the molecule is COCOc1cc(OCCCCCCC2=NC=CC2)cc2c1C(=O)O[C@@H](C)[C@H](C)/C=C\C(=O)[C@H]1OC(C)(C)O[C@H]1CC=C2. The third-order valence-corrected chi connectivity index (χ3v) is 7.71. The molecule has 1 aromatic rings. The molecule has 3 aliphatic heterocycles. The number of methoxy groups -OCH3 is 1. The molecule has 3 heterocycles. The van der Waals surface area contributed by atoms with Crippen LogP contribution >= 0.6 is 0 Å². The Morgan fingerprint density at radius 3 is 2.58 bits per heavy atom. The number of allylic oxidation sites excluding steroid dienone is 1. The zero-order valence-corrected chi connectivity index (χ0v) is 26.0. The van der Waals surface area contributed by atoms with Crippen molar-refractivity contribution in [3.63, 3.8) is 0 Å². The van der Waals surface area contributed by atoms with Crippen molar-refractivity contribution in [1.82, 2.24) is 0 Å². The van der Waals surface area contributed by atoms with Gasteiger partial charge >= 0.3 is 5.97 Å². The van der Waals surface area contributed by atoms with Gasteiger partial charge in [0.05, 0.1) is 12.7 Å². The van der Waals surface area contributed by atoms with E-state index < -0.39 is 30.1 Å². The van der Waals surface area contributed by atoms with Crippen molar-refractivity contribution in [2.24, 2.45) is 10.9 Å². The quantitative estimate of drug-likeness (QED) is 0.160. The fourth-order valence-electron chi connectivity index (χ4n) is 5.23. The van der Waals surface area contributed by atoms with Gasteiger partial charge in [0, 0.05) is 37.4 Å². The number of nitrogens with zero attached hydrogens (tertiary/aromatic N) is 1. The van der Waals surface area contributed by atoms with Gasteiger partial charge in [-0.15, -0.1) is 0 Å². The van der Waals surface area contributed by atoms with Gasteiger partial charge in [-0.1, -0.05) is 44.1 Å². The van der Waals surface area contributed by atoms with Crippen molar-refractivity contribution >= 4 is 23.5 Å². The van der Waals surface area contributed by atoms with Crippen LogP contribution < -0.4 is 9.47 Å². The first-order chi connectivity index (χ1) is 20.7. The van der Waals surface area contributed by atoms with E-state index in [2.05, 4.69) is 11.1 Å². The summed E-state index contributed by atoms with van der Waals surface area (Å²) in [5.41, 5.74) is 2.11. The molecule has 234 valence electrons. The topological polar surface area (TPSA) is 102 Å². The van der Waals surface area contributed by atoms with Crippen molar-refractivity contribution in [2.45, 2.75) is 96.7 Å². The van der Waals surface area contributed by atoms with Crippen molar-refractivity contribution in [3.8, 4) is 11.5 Å². The third-order valence-electron chi connectivity index (χ3n) is 7.71. The van der Waals surface area contributed by atoms with Crippen LogP contribution in [0.3, 0.4) is 0 Å². The minimum absolute atomic E-state index is 0.0471. The highest BCUT2D eigenvalue weighted by Gasteiger charge is 2.43. The number of carbonyl (C=O) groups excluding carboxylic acids is 2. The standard InChI is InChI=1S/C34H45NO8/c1-23-16-17-28(36)32-29(42-34(3,4)43-32)15-10-12-25-20-27(39-19-9-7-6-8-13-26-14-11-18-35-26)21-30(40-22-38-5)31(25)33(37)41-24(23)2/h10-12,16-18,20-21,23-24,29,32H,6-9,13-15,19,22H2,1-5H3/b12-10?,17-16-/t23-,24+,29+,32-/m1/s1. The molecule has 1 fully saturated rings. The normalized spacial score (nSPS) is 25.8. The van der Waals surface area contributed by atoms with E-state index in [0.717, 1.165) is 38.5 Å². The van der Waals surface area contributed by atoms with Crippen LogP contribution in [0.15, 0.2) is 47.6 Å². The van der Waals surface area contributed by atoms with Crippen LogP contribution in [0.4, 0.5) is 0 Å². The van der Waals surface area contributed by atoms with Gasteiger partial charge in [0.25, 0.3) is 0 Å². The molecule has 4 atom stereocenters. The van der Waals surface area contributed by atoms with Crippen LogP contribution in [0.1, 0.15) is 88.6 Å². The Bertz CT molecular complexity index is 1250. The summed E-state index contributed by atoms with van der Waals surface area (Å²) in [6.07, 6.45) is 15.8. The summed E-state index contributed by atoms with van der Waals surface area (Å²) in [6.45, 7) is 7.77. The van der Waals surface area contributed by atoms with E-state index in [1.54, 1.807) is 32.9 Å². The Hall–Kier alpha value is -3.27. The lowest BCUT2D eigenvalue weighted by atomic mass is 9.99. The lowest BCUT2D eigenvalue weighted by Crippen LogP contribution is -2.30. The predicted molar refractivity (Wildman–Crippen MR) is 164 cm³/mol. The second-order valence-corrected chi connectivity index (χ2v) is 11.7. The number of aliphatic imine (C=N–C) groups is 1. The number of benzene rings is 1. The Kier molecular flexibility index (Phi) is 11.7. The average Bonchev–Trinajstić information content (AvgIpc) is 3.60. The second kappa shape index (κ2) is 15.5. The summed E-state index contributed by atoms with van der Waals surface area (Å²) < 4.78 is 35.0. The molecule has 0 aromatic heterocycles. The lowest BCUT2D eigenvalue weighted by molar-refractivity contribution is -0.152. The van der Waals surface area contributed by atoms with Gasteiger partial charge in [0.15, 0.2) is 18.4 Å². The molecule has 9 nitrogen and oxygen atoms in total. The molecule has 0 N–H and O–H groups in total. The van der Waals surface area contributed by atoms with Crippen LogP contribution in [-0.4, -0.2) is 62.1 Å². The van der Waals surface area contributed by atoms with Gasteiger partial charge in [-0.05, 0) is 64.2 Å². The van der Waals surface area contributed by atoms with E-state index in [0.29, 0.717) is 30.1 Å². The molecular formula is C34H45NO8. The molecule has 4 rings (SSSR count). The van der Waals surface area contributed by atoms with Crippen LogP contribution in [0.5, 0.6) is 11.5 Å². The maximum absolute atomic E-state index is 13.5. The zero-order valence-electron chi connectivity index (χ0n) is 26.0. The van der Waals surface area contributed by atoms with Crippen molar-refractivity contribution in [3.05, 3.63) is 53.8 Å². The molecule has 1 saturated heterocycles. The van der Waals surface area contributed by atoms with Gasteiger partial charge < -0.3 is 28.4 Å². The fraction of sp³-hybridized carbons (Fsp3) is 0.559. The summed E-state index contributed by atoms with van der Waals surface area (Å²) in [7, 11) is 1.52. The first-order valence-corrected chi connectivity index (χ1v) is 15.2. The summed E-state index contributed by atoms with van der Waals surface area (Å²) in [6, 6.07) is 3.52. The lowest BCUT2D eigenvalue weighted by Gasteiger charge is -2.21. The zero-order chi connectivity index (χ0) is 30.8. The van der Waals surface area contributed by atoms with Gasteiger partial charge in [0.1, 0.15) is 29.3 Å². The van der Waals surface area contributed by atoms with Crippen molar-refractivity contribution in [2.75, 3.05) is 20.5 Å². The predicted octanol–water partition coefficient (Wildman–Crippen LogP) is 6.60. The van der Waals surface area contributed by atoms with Gasteiger partial charge in [0.2, 0.25) is 0 Å². The highest BCUT2D eigenvalue weighted by Crippen LogP contribution is 2.34. The van der Waals surface area contributed by atoms with Gasteiger partial charge in [-0.2, -0.15) is 0 Å². The highest BCUT2D eigenvalue weighted by molar-refractivity contribution is 5.97. The summed E-state index contributed by atoms with van der Waals surface area (Å²) in [5.74, 6) is -0.934. The van der Waals surface area contributed by atoms with Crippen LogP contribution in [0.25, 0.3) is 6.08 Å². The maximum atomic E-state index is 13.5. The van der Waals surface area contributed by atoms with E-state index in [9.17, 15) is 9.59 Å². The molecular weight excluding hydrogens is 550 g/mol. The van der Waals surface area contributed by atoms with E-state index in [1.807, 2.05) is 31.3 Å². The Labute approximate surface area is 254 Å². The number of carbonyl (C=O) groups is 2. The number of ether oxygens (including phenoxy) is 6. The van der Waals surface area contributed by atoms with E-state index in [1.165, 1.54) is 18.9 Å². The summed E-state index contributed by atoms with van der Waals surface area (Å²) in [5, 5.41) is 0. The van der Waals surface area contributed by atoms with Crippen molar-refractivity contribution < 1.29 is 38.0 Å². The Morgan fingerprint density at radius 1 is 1.00 bits per heavy atom. The second-order valence-electron chi connectivity index (χ2n) is 11.7. The molecule has 0 spiro atoms. The third kappa shape index (κ3) is 9.36. The van der Waals surface area contributed by atoms with Gasteiger partial charge in [-0.25, -0.2) is 4.79 Å².